The average molecular weight is 323 g/mol. The molecule has 0 atom stereocenters. The van der Waals surface area contributed by atoms with Crippen LogP contribution in [0.4, 0.5) is 11.4 Å². The van der Waals surface area contributed by atoms with Gasteiger partial charge >= 0.3 is 0 Å². The van der Waals surface area contributed by atoms with E-state index in [2.05, 4.69) is 86.7 Å². The Bertz CT molecular complexity index is 477. The molecule has 3 rings (SSSR count). The second-order valence-corrected chi connectivity index (χ2v) is 6.36. The van der Waals surface area contributed by atoms with Crippen LogP contribution in [-0.2, 0) is 0 Å². The van der Waals surface area contributed by atoms with Gasteiger partial charge in [0.25, 0.3) is 0 Å². The van der Waals surface area contributed by atoms with Crippen molar-refractivity contribution in [3.63, 3.8) is 0 Å². The highest BCUT2D eigenvalue weighted by molar-refractivity contribution is 7.99. The summed E-state index contributed by atoms with van der Waals surface area (Å²) in [4.78, 5) is 4.76. The molecule has 0 spiro atoms. The Kier molecular flexibility index (Phi) is 7.09. The number of rotatable bonds is 1. The van der Waals surface area contributed by atoms with Crippen molar-refractivity contribution in [2.24, 2.45) is 0 Å². The van der Waals surface area contributed by atoms with Crippen molar-refractivity contribution in [1.82, 2.24) is 4.90 Å². The number of halogens is 1. The molecule has 4 heteroatoms. The van der Waals surface area contributed by atoms with Crippen LogP contribution in [0.15, 0.2) is 58.3 Å². The lowest BCUT2D eigenvalue weighted by Crippen LogP contribution is -2.20. The van der Waals surface area contributed by atoms with E-state index in [1.165, 1.54) is 21.2 Å². The summed E-state index contributed by atoms with van der Waals surface area (Å²) >= 11 is 1.82. The summed E-state index contributed by atoms with van der Waals surface area (Å²) in [6.45, 7) is 4.33. The first-order valence-electron chi connectivity index (χ1n) is 6.87. The highest BCUT2D eigenvalue weighted by atomic mass is 35.5. The molecule has 21 heavy (non-hydrogen) atoms. The normalized spacial score (nSPS) is 11.5. The van der Waals surface area contributed by atoms with E-state index in [9.17, 15) is 0 Å². The fourth-order valence-electron chi connectivity index (χ4n) is 1.58. The molecule has 1 aliphatic rings. The lowest BCUT2D eigenvalue weighted by molar-refractivity contribution is 0.335. The van der Waals surface area contributed by atoms with Crippen molar-refractivity contribution in [1.29, 1.82) is 0 Å². The lowest BCUT2D eigenvalue weighted by atomic mass is 10.2. The number of nitrogens with one attached hydrogen (secondary N) is 1. The van der Waals surface area contributed by atoms with Crippen LogP contribution >= 0.6 is 24.2 Å². The van der Waals surface area contributed by atoms with E-state index in [0.717, 1.165) is 0 Å². The Morgan fingerprint density at radius 3 is 1.62 bits per heavy atom. The van der Waals surface area contributed by atoms with Gasteiger partial charge < -0.3 is 10.2 Å². The molecule has 0 fully saturated rings. The zero-order chi connectivity index (χ0) is 14.5. The molecule has 0 saturated carbocycles. The third-order valence-electron chi connectivity index (χ3n) is 3.30. The summed E-state index contributed by atoms with van der Waals surface area (Å²) < 4.78 is 0. The summed E-state index contributed by atoms with van der Waals surface area (Å²) in [5.74, 6) is 0. The average Bonchev–Trinajstić information content (AvgIpc) is 2.45. The molecule has 0 radical (unpaired) electrons. The first-order chi connectivity index (χ1) is 9.58. The van der Waals surface area contributed by atoms with E-state index < -0.39 is 0 Å². The summed E-state index contributed by atoms with van der Waals surface area (Å²) in [5.41, 5.74) is 2.41. The van der Waals surface area contributed by atoms with Crippen LogP contribution < -0.4 is 5.32 Å². The molecule has 2 nitrogen and oxygen atoms in total. The summed E-state index contributed by atoms with van der Waals surface area (Å²) in [5, 5.41) is 3.42. The first kappa shape index (κ1) is 17.9. The van der Waals surface area contributed by atoms with Gasteiger partial charge in [-0.2, -0.15) is 0 Å². The second-order valence-electron chi connectivity index (χ2n) is 5.28. The van der Waals surface area contributed by atoms with Gasteiger partial charge in [0.2, 0.25) is 0 Å². The maximum Gasteiger partial charge on any atom is 0.0526 e. The van der Waals surface area contributed by atoms with Crippen molar-refractivity contribution in [3.8, 4) is 0 Å². The molecule has 1 N–H and O–H groups in total. The van der Waals surface area contributed by atoms with Crippen LogP contribution in [0.3, 0.4) is 0 Å². The Hall–Kier alpha value is -1.16. The number of para-hydroxylation sites is 2. The third-order valence-corrected chi connectivity index (χ3v) is 4.45. The highest BCUT2D eigenvalue weighted by Crippen LogP contribution is 2.43. The topological polar surface area (TPSA) is 15.3 Å². The molecule has 2 aromatic rings. The fraction of sp³-hybridized carbons (Fsp3) is 0.294. The minimum absolute atomic E-state index is 0. The Morgan fingerprint density at radius 2 is 1.24 bits per heavy atom. The molecular formula is C17H23ClN2S. The Balaban J connectivity index is 0.000000275. The Morgan fingerprint density at radius 1 is 0.857 bits per heavy atom. The van der Waals surface area contributed by atoms with Gasteiger partial charge in [-0.05, 0) is 52.2 Å². The molecule has 2 aromatic carbocycles. The summed E-state index contributed by atoms with van der Waals surface area (Å²) in [6.07, 6.45) is 0. The molecule has 1 aliphatic heterocycles. The second kappa shape index (κ2) is 8.32. The number of anilines is 2. The zero-order valence-corrected chi connectivity index (χ0v) is 14.6. The molecule has 114 valence electrons. The quantitative estimate of drug-likeness (QED) is 0.656. The third kappa shape index (κ3) is 4.95. The molecule has 0 saturated heterocycles. The van der Waals surface area contributed by atoms with Crippen LogP contribution in [0.2, 0.25) is 0 Å². The number of benzene rings is 2. The van der Waals surface area contributed by atoms with Gasteiger partial charge in [-0.15, -0.1) is 12.4 Å². The van der Waals surface area contributed by atoms with Gasteiger partial charge in [-0.25, -0.2) is 0 Å². The highest BCUT2D eigenvalue weighted by Gasteiger charge is 2.13. The molecule has 1 heterocycles. The number of hydrogen-bond donors (Lipinski definition) is 1. The summed E-state index contributed by atoms with van der Waals surface area (Å²) in [7, 11) is 4.15. The van der Waals surface area contributed by atoms with Crippen molar-refractivity contribution < 1.29 is 0 Å². The monoisotopic (exact) mass is 322 g/mol. The van der Waals surface area contributed by atoms with Crippen molar-refractivity contribution in [2.75, 3.05) is 19.4 Å². The van der Waals surface area contributed by atoms with E-state index in [-0.39, 0.29) is 12.4 Å². The minimum atomic E-state index is 0. The predicted octanol–water partition coefficient (Wildman–Crippen LogP) is 5.27. The number of fused-ring (bicyclic) bond motifs is 2. The zero-order valence-electron chi connectivity index (χ0n) is 13.0. The molecular weight excluding hydrogens is 300 g/mol. The van der Waals surface area contributed by atoms with E-state index in [1.54, 1.807) is 0 Å². The lowest BCUT2D eigenvalue weighted by Gasteiger charge is -2.19. The molecule has 0 aromatic heterocycles. The number of hydrogen-bond acceptors (Lipinski definition) is 3. The first-order valence-corrected chi connectivity index (χ1v) is 7.69. The van der Waals surface area contributed by atoms with Crippen LogP contribution in [0, 0.1) is 0 Å². The largest absolute Gasteiger partial charge is 0.354 e. The molecule has 0 aliphatic carbocycles. The van der Waals surface area contributed by atoms with Crippen molar-refractivity contribution in [3.05, 3.63) is 48.5 Å². The standard InChI is InChI=1S/C12H9NS.C5H13N.ClH/c1-3-7-11-9(5-1)13-10-6-2-4-8-12(10)14-11;1-5(2)6(3)4;/h1-8,13H;5H,1-4H3;1H. The van der Waals surface area contributed by atoms with E-state index in [0.29, 0.717) is 6.04 Å². The SMILES string of the molecule is CC(C)N(C)C.Cl.c1ccc2c(c1)Nc1ccccc1S2. The van der Waals surface area contributed by atoms with Crippen LogP contribution in [-0.4, -0.2) is 25.0 Å². The van der Waals surface area contributed by atoms with E-state index in [4.69, 9.17) is 0 Å². The van der Waals surface area contributed by atoms with Crippen molar-refractivity contribution >= 4 is 35.5 Å². The summed E-state index contributed by atoms with van der Waals surface area (Å²) in [6, 6.07) is 17.4. The van der Waals surface area contributed by atoms with E-state index in [1.807, 2.05) is 11.8 Å². The van der Waals surface area contributed by atoms with Gasteiger partial charge in [-0.3, -0.25) is 0 Å². The van der Waals surface area contributed by atoms with Gasteiger partial charge in [0.15, 0.2) is 0 Å². The fourth-order valence-corrected chi connectivity index (χ4v) is 2.57. The van der Waals surface area contributed by atoms with Crippen LogP contribution in [0.5, 0.6) is 0 Å². The smallest absolute Gasteiger partial charge is 0.0526 e. The maximum atomic E-state index is 3.42. The minimum Gasteiger partial charge on any atom is -0.354 e. The molecule has 0 unspecified atom stereocenters. The van der Waals surface area contributed by atoms with Gasteiger partial charge in [0.05, 0.1) is 11.4 Å². The maximum absolute atomic E-state index is 3.42. The van der Waals surface area contributed by atoms with Crippen LogP contribution in [0.25, 0.3) is 0 Å². The number of nitrogens with zero attached hydrogens (tertiary/aromatic N) is 1. The van der Waals surface area contributed by atoms with Crippen molar-refractivity contribution in [2.45, 2.75) is 29.7 Å². The molecule has 0 bridgehead atoms. The van der Waals surface area contributed by atoms with Gasteiger partial charge in [-0.1, -0.05) is 36.0 Å². The van der Waals surface area contributed by atoms with Gasteiger partial charge in [0.1, 0.15) is 0 Å². The molecule has 0 amide bonds. The predicted molar refractivity (Wildman–Crippen MR) is 96.4 cm³/mol. The Labute approximate surface area is 138 Å². The van der Waals surface area contributed by atoms with Gasteiger partial charge in [0, 0.05) is 15.8 Å². The van der Waals surface area contributed by atoms with Crippen LogP contribution in [0.1, 0.15) is 13.8 Å². The van der Waals surface area contributed by atoms with E-state index >= 15 is 0 Å².